The van der Waals surface area contributed by atoms with Gasteiger partial charge in [0.25, 0.3) is 0 Å². The molecule has 98 valence electrons. The number of rotatable bonds is 4. The molecule has 0 spiro atoms. The number of nitrogens with zero attached hydrogens (tertiary/aromatic N) is 2. The van der Waals surface area contributed by atoms with Crippen LogP contribution in [0.5, 0.6) is 11.8 Å². The van der Waals surface area contributed by atoms with Gasteiger partial charge in [-0.2, -0.15) is 4.98 Å². The summed E-state index contributed by atoms with van der Waals surface area (Å²) in [5, 5.41) is 0. The van der Waals surface area contributed by atoms with E-state index in [0.717, 1.165) is 4.47 Å². The molecule has 0 aliphatic carbocycles. The van der Waals surface area contributed by atoms with Crippen LogP contribution >= 0.6 is 15.9 Å². The van der Waals surface area contributed by atoms with Crippen molar-refractivity contribution in [2.24, 2.45) is 0 Å². The van der Waals surface area contributed by atoms with Crippen LogP contribution in [-0.4, -0.2) is 30.0 Å². The summed E-state index contributed by atoms with van der Waals surface area (Å²) in [6, 6.07) is 6.99. The van der Waals surface area contributed by atoms with Crippen molar-refractivity contribution < 1.29 is 14.3 Å². The van der Waals surface area contributed by atoms with Crippen molar-refractivity contribution in [3.63, 3.8) is 0 Å². The minimum atomic E-state index is -0.250. The third-order valence-corrected chi connectivity index (χ3v) is 2.97. The van der Waals surface area contributed by atoms with E-state index in [1.54, 1.807) is 24.3 Å². The minimum Gasteiger partial charge on any atom is -0.480 e. The number of aromatic nitrogens is 2. The average Bonchev–Trinajstić information content (AvgIpc) is 2.46. The summed E-state index contributed by atoms with van der Waals surface area (Å²) in [5.41, 5.74) is 0.673. The molecule has 0 unspecified atom stereocenters. The first-order valence-corrected chi connectivity index (χ1v) is 6.20. The Morgan fingerprint density at radius 3 is 2.42 bits per heavy atom. The van der Waals surface area contributed by atoms with Crippen molar-refractivity contribution in [1.82, 2.24) is 9.97 Å². The lowest BCUT2D eigenvalue weighted by atomic mass is 10.1. The first-order valence-electron chi connectivity index (χ1n) is 5.41. The van der Waals surface area contributed by atoms with Crippen molar-refractivity contribution in [2.75, 3.05) is 14.2 Å². The summed E-state index contributed by atoms with van der Waals surface area (Å²) in [4.78, 5) is 20.4. The summed E-state index contributed by atoms with van der Waals surface area (Å²) < 4.78 is 10.9. The van der Waals surface area contributed by atoms with E-state index in [4.69, 9.17) is 9.47 Å². The number of ketones is 1. The Balaban J connectivity index is 2.40. The number of ether oxygens (including phenoxy) is 2. The highest BCUT2D eigenvalue weighted by molar-refractivity contribution is 9.10. The van der Waals surface area contributed by atoms with Gasteiger partial charge in [0, 0.05) is 10.0 Å². The molecule has 2 rings (SSSR count). The predicted molar refractivity (Wildman–Crippen MR) is 72.7 cm³/mol. The molecule has 0 fully saturated rings. The standard InChI is InChI=1S/C13H11BrN2O3/c1-18-10-7-15-11(13(16-10)19-2)12(17)8-3-5-9(14)6-4-8/h3-7H,1-2H3. The van der Waals surface area contributed by atoms with Gasteiger partial charge in [0.05, 0.1) is 20.4 Å². The van der Waals surface area contributed by atoms with E-state index in [1.165, 1.54) is 20.4 Å². The number of methoxy groups -OCH3 is 2. The quantitative estimate of drug-likeness (QED) is 0.809. The zero-order valence-electron chi connectivity index (χ0n) is 10.4. The van der Waals surface area contributed by atoms with Gasteiger partial charge in [-0.05, 0) is 24.3 Å². The van der Waals surface area contributed by atoms with Crippen LogP contribution in [0.25, 0.3) is 0 Å². The van der Waals surface area contributed by atoms with E-state index in [9.17, 15) is 4.79 Å². The van der Waals surface area contributed by atoms with E-state index in [1.807, 2.05) is 0 Å². The Hall–Kier alpha value is -1.95. The third-order valence-electron chi connectivity index (χ3n) is 2.44. The SMILES string of the molecule is COc1cnc(C(=O)c2ccc(Br)cc2)c(OC)n1. The van der Waals surface area contributed by atoms with Crippen LogP contribution in [0.3, 0.4) is 0 Å². The summed E-state index contributed by atoms with van der Waals surface area (Å²) in [6.07, 6.45) is 1.38. The molecule has 0 aliphatic rings. The molecule has 2 aromatic rings. The second-order valence-corrected chi connectivity index (χ2v) is 4.52. The van der Waals surface area contributed by atoms with Gasteiger partial charge in [0.1, 0.15) is 0 Å². The normalized spacial score (nSPS) is 10.1. The van der Waals surface area contributed by atoms with Gasteiger partial charge in [0.2, 0.25) is 17.5 Å². The fraction of sp³-hybridized carbons (Fsp3) is 0.154. The largest absolute Gasteiger partial charge is 0.480 e. The van der Waals surface area contributed by atoms with Crippen LogP contribution in [0.1, 0.15) is 16.1 Å². The molecule has 0 radical (unpaired) electrons. The number of hydrogen-bond donors (Lipinski definition) is 0. The van der Waals surface area contributed by atoms with Crippen molar-refractivity contribution in [2.45, 2.75) is 0 Å². The van der Waals surface area contributed by atoms with Gasteiger partial charge in [-0.15, -0.1) is 0 Å². The van der Waals surface area contributed by atoms with Crippen LogP contribution in [-0.2, 0) is 0 Å². The molecule has 5 nitrogen and oxygen atoms in total. The molecule has 0 saturated carbocycles. The van der Waals surface area contributed by atoms with Gasteiger partial charge in [-0.1, -0.05) is 15.9 Å². The molecule has 1 aromatic heterocycles. The first-order chi connectivity index (χ1) is 9.15. The lowest BCUT2D eigenvalue weighted by Crippen LogP contribution is -2.08. The summed E-state index contributed by atoms with van der Waals surface area (Å²) in [6.45, 7) is 0. The van der Waals surface area contributed by atoms with E-state index >= 15 is 0 Å². The highest BCUT2D eigenvalue weighted by atomic mass is 79.9. The number of hydrogen-bond acceptors (Lipinski definition) is 5. The maximum atomic E-state index is 12.3. The lowest BCUT2D eigenvalue weighted by molar-refractivity contribution is 0.103. The Morgan fingerprint density at radius 2 is 1.84 bits per heavy atom. The predicted octanol–water partition coefficient (Wildman–Crippen LogP) is 2.49. The summed E-state index contributed by atoms with van der Waals surface area (Å²) >= 11 is 3.32. The molecular weight excluding hydrogens is 312 g/mol. The van der Waals surface area contributed by atoms with E-state index in [-0.39, 0.29) is 17.4 Å². The molecule has 6 heteroatoms. The molecule has 1 aromatic carbocycles. The second kappa shape index (κ2) is 5.79. The highest BCUT2D eigenvalue weighted by Gasteiger charge is 2.18. The molecule has 0 bridgehead atoms. The smallest absolute Gasteiger partial charge is 0.247 e. The van der Waals surface area contributed by atoms with Gasteiger partial charge >= 0.3 is 0 Å². The fourth-order valence-corrected chi connectivity index (χ4v) is 1.76. The zero-order chi connectivity index (χ0) is 13.8. The number of benzene rings is 1. The maximum absolute atomic E-state index is 12.3. The topological polar surface area (TPSA) is 61.3 Å². The van der Waals surface area contributed by atoms with Gasteiger partial charge < -0.3 is 9.47 Å². The van der Waals surface area contributed by atoms with Crippen LogP contribution in [0.15, 0.2) is 34.9 Å². The van der Waals surface area contributed by atoms with Crippen LogP contribution < -0.4 is 9.47 Å². The van der Waals surface area contributed by atoms with E-state index in [2.05, 4.69) is 25.9 Å². The van der Waals surface area contributed by atoms with Crippen molar-refractivity contribution >= 4 is 21.7 Å². The minimum absolute atomic E-state index is 0.146. The second-order valence-electron chi connectivity index (χ2n) is 3.61. The maximum Gasteiger partial charge on any atom is 0.247 e. The monoisotopic (exact) mass is 322 g/mol. The Morgan fingerprint density at radius 1 is 1.16 bits per heavy atom. The first kappa shape index (κ1) is 13.5. The average molecular weight is 323 g/mol. The number of halogens is 1. The number of carbonyl (C=O) groups is 1. The Labute approximate surface area is 118 Å². The molecule has 1 heterocycles. The van der Waals surface area contributed by atoms with Crippen LogP contribution in [0.4, 0.5) is 0 Å². The Bertz CT molecular complexity index is 599. The van der Waals surface area contributed by atoms with Gasteiger partial charge in [-0.25, -0.2) is 4.98 Å². The number of carbonyl (C=O) groups excluding carboxylic acids is 1. The lowest BCUT2D eigenvalue weighted by Gasteiger charge is -2.07. The van der Waals surface area contributed by atoms with Crippen molar-refractivity contribution in [1.29, 1.82) is 0 Å². The van der Waals surface area contributed by atoms with Crippen molar-refractivity contribution in [3.8, 4) is 11.8 Å². The summed E-state index contributed by atoms with van der Waals surface area (Å²) in [7, 11) is 2.90. The molecule has 0 atom stereocenters. The van der Waals surface area contributed by atoms with Crippen LogP contribution in [0, 0.1) is 0 Å². The molecule has 0 N–H and O–H groups in total. The zero-order valence-corrected chi connectivity index (χ0v) is 12.0. The third kappa shape index (κ3) is 2.90. The molecule has 0 amide bonds. The highest BCUT2D eigenvalue weighted by Crippen LogP contribution is 2.21. The summed E-state index contributed by atoms with van der Waals surface area (Å²) in [5.74, 6) is 0.191. The van der Waals surface area contributed by atoms with E-state index < -0.39 is 0 Å². The van der Waals surface area contributed by atoms with Gasteiger partial charge in [-0.3, -0.25) is 4.79 Å². The van der Waals surface area contributed by atoms with Gasteiger partial charge in [0.15, 0.2) is 5.69 Å². The molecule has 19 heavy (non-hydrogen) atoms. The van der Waals surface area contributed by atoms with E-state index in [0.29, 0.717) is 11.4 Å². The molecule has 0 saturated heterocycles. The fourth-order valence-electron chi connectivity index (χ4n) is 1.49. The molecular formula is C13H11BrN2O3. The van der Waals surface area contributed by atoms with Crippen molar-refractivity contribution in [3.05, 3.63) is 46.2 Å². The molecule has 0 aliphatic heterocycles. The van der Waals surface area contributed by atoms with Crippen LogP contribution in [0.2, 0.25) is 0 Å². The Kier molecular flexibility index (Phi) is 4.11.